The third kappa shape index (κ3) is 5.39. The van der Waals surface area contributed by atoms with Crippen LogP contribution in [0, 0.1) is 5.92 Å². The van der Waals surface area contributed by atoms with Gasteiger partial charge in [-0.1, -0.05) is 0 Å². The number of piperidine rings is 1. The van der Waals surface area contributed by atoms with Gasteiger partial charge in [-0.25, -0.2) is 0 Å². The smallest absolute Gasteiger partial charge is 0.119 e. The van der Waals surface area contributed by atoms with E-state index in [1.807, 2.05) is 24.3 Å². The molecule has 1 unspecified atom stereocenters. The molecular formula is C16H25NO3. The van der Waals surface area contributed by atoms with Crippen molar-refractivity contribution in [3.05, 3.63) is 24.3 Å². The van der Waals surface area contributed by atoms with E-state index >= 15 is 0 Å². The number of methoxy groups -OCH3 is 1. The highest BCUT2D eigenvalue weighted by Gasteiger charge is 2.11. The number of benzene rings is 1. The molecule has 0 amide bonds. The number of hydrogen-bond donors (Lipinski definition) is 1. The van der Waals surface area contributed by atoms with E-state index < -0.39 is 0 Å². The minimum absolute atomic E-state index is 0.593. The molecule has 112 valence electrons. The van der Waals surface area contributed by atoms with E-state index in [4.69, 9.17) is 14.2 Å². The highest BCUT2D eigenvalue weighted by Crippen LogP contribution is 2.17. The Labute approximate surface area is 121 Å². The van der Waals surface area contributed by atoms with Gasteiger partial charge in [0.25, 0.3) is 0 Å². The lowest BCUT2D eigenvalue weighted by Gasteiger charge is -2.22. The summed E-state index contributed by atoms with van der Waals surface area (Å²) in [7, 11) is 1.66. The van der Waals surface area contributed by atoms with Crippen LogP contribution in [0.3, 0.4) is 0 Å². The SMILES string of the molecule is COc1ccc(OCCOCCC2CCCNC2)cc1. The molecule has 0 aliphatic carbocycles. The summed E-state index contributed by atoms with van der Waals surface area (Å²) in [5.41, 5.74) is 0. The molecule has 1 aromatic rings. The van der Waals surface area contributed by atoms with Crippen molar-refractivity contribution in [2.75, 3.05) is 40.0 Å². The van der Waals surface area contributed by atoms with Gasteiger partial charge in [-0.3, -0.25) is 0 Å². The van der Waals surface area contributed by atoms with Crippen molar-refractivity contribution in [2.24, 2.45) is 5.92 Å². The van der Waals surface area contributed by atoms with E-state index in [1.54, 1.807) is 7.11 Å². The first-order valence-electron chi connectivity index (χ1n) is 7.44. The number of hydrogen-bond acceptors (Lipinski definition) is 4. The Kier molecular flexibility index (Phi) is 6.68. The van der Waals surface area contributed by atoms with Gasteiger partial charge in [-0.05, 0) is 62.5 Å². The molecule has 20 heavy (non-hydrogen) atoms. The van der Waals surface area contributed by atoms with E-state index in [0.29, 0.717) is 13.2 Å². The Hall–Kier alpha value is -1.26. The zero-order chi connectivity index (χ0) is 14.0. The van der Waals surface area contributed by atoms with Gasteiger partial charge in [-0.15, -0.1) is 0 Å². The van der Waals surface area contributed by atoms with Crippen LogP contribution in [-0.2, 0) is 4.74 Å². The number of nitrogens with one attached hydrogen (secondary N) is 1. The summed E-state index contributed by atoms with van der Waals surface area (Å²) >= 11 is 0. The van der Waals surface area contributed by atoms with Gasteiger partial charge in [-0.2, -0.15) is 0 Å². The van der Waals surface area contributed by atoms with Crippen molar-refractivity contribution in [1.29, 1.82) is 0 Å². The fraction of sp³-hybridized carbons (Fsp3) is 0.625. The molecule has 1 N–H and O–H groups in total. The lowest BCUT2D eigenvalue weighted by Crippen LogP contribution is -2.30. The van der Waals surface area contributed by atoms with Gasteiger partial charge in [0.15, 0.2) is 0 Å². The maximum atomic E-state index is 5.63. The van der Waals surface area contributed by atoms with Crippen LogP contribution in [-0.4, -0.2) is 40.0 Å². The lowest BCUT2D eigenvalue weighted by atomic mass is 9.97. The van der Waals surface area contributed by atoms with Gasteiger partial charge in [0, 0.05) is 6.61 Å². The van der Waals surface area contributed by atoms with E-state index in [1.165, 1.54) is 19.4 Å². The predicted octanol–water partition coefficient (Wildman–Crippen LogP) is 2.48. The second kappa shape index (κ2) is 8.82. The maximum Gasteiger partial charge on any atom is 0.119 e. The first-order chi connectivity index (χ1) is 9.88. The largest absolute Gasteiger partial charge is 0.497 e. The highest BCUT2D eigenvalue weighted by molar-refractivity contribution is 5.31. The first kappa shape index (κ1) is 15.1. The Bertz CT molecular complexity index is 360. The second-order valence-electron chi connectivity index (χ2n) is 5.14. The van der Waals surface area contributed by atoms with E-state index in [2.05, 4.69) is 5.32 Å². The van der Waals surface area contributed by atoms with Gasteiger partial charge >= 0.3 is 0 Å². The Morgan fingerprint density at radius 2 is 1.90 bits per heavy atom. The highest BCUT2D eigenvalue weighted by atomic mass is 16.5. The van der Waals surface area contributed by atoms with Crippen molar-refractivity contribution >= 4 is 0 Å². The van der Waals surface area contributed by atoms with Gasteiger partial charge in [0.2, 0.25) is 0 Å². The number of ether oxygens (including phenoxy) is 3. The number of rotatable bonds is 8. The van der Waals surface area contributed by atoms with E-state index in [-0.39, 0.29) is 0 Å². The Balaban J connectivity index is 1.50. The molecule has 0 bridgehead atoms. The lowest BCUT2D eigenvalue weighted by molar-refractivity contribution is 0.0874. The average molecular weight is 279 g/mol. The third-order valence-corrected chi connectivity index (χ3v) is 3.63. The molecule has 1 saturated heterocycles. The fourth-order valence-electron chi connectivity index (χ4n) is 2.41. The van der Waals surface area contributed by atoms with Crippen LogP contribution in [0.4, 0.5) is 0 Å². The molecule has 4 nitrogen and oxygen atoms in total. The zero-order valence-electron chi connectivity index (χ0n) is 12.3. The van der Waals surface area contributed by atoms with Crippen molar-refractivity contribution in [2.45, 2.75) is 19.3 Å². The molecule has 0 spiro atoms. The van der Waals surface area contributed by atoms with Crippen LogP contribution in [0.25, 0.3) is 0 Å². The third-order valence-electron chi connectivity index (χ3n) is 3.63. The molecule has 1 atom stereocenters. The van der Waals surface area contributed by atoms with Crippen LogP contribution in [0.15, 0.2) is 24.3 Å². The monoisotopic (exact) mass is 279 g/mol. The van der Waals surface area contributed by atoms with Crippen molar-refractivity contribution in [3.8, 4) is 11.5 Å². The summed E-state index contributed by atoms with van der Waals surface area (Å²) in [5, 5.41) is 3.43. The Morgan fingerprint density at radius 1 is 1.10 bits per heavy atom. The molecule has 1 heterocycles. The molecule has 0 aromatic heterocycles. The summed E-state index contributed by atoms with van der Waals surface area (Å²) in [6.45, 7) is 4.39. The second-order valence-corrected chi connectivity index (χ2v) is 5.14. The van der Waals surface area contributed by atoms with Crippen LogP contribution >= 0.6 is 0 Å². The summed E-state index contributed by atoms with van der Waals surface area (Å²) < 4.78 is 16.3. The van der Waals surface area contributed by atoms with Crippen LogP contribution < -0.4 is 14.8 Å². The molecule has 1 aliphatic heterocycles. The molecule has 0 saturated carbocycles. The standard InChI is InChI=1S/C16H25NO3/c1-18-15-4-6-16(7-5-15)20-12-11-19-10-8-14-3-2-9-17-13-14/h4-7,14,17H,2-3,8-13H2,1H3. The summed E-state index contributed by atoms with van der Waals surface area (Å²) in [4.78, 5) is 0. The molecule has 1 aromatic carbocycles. The molecular weight excluding hydrogens is 254 g/mol. The summed E-state index contributed by atoms with van der Waals surface area (Å²) in [5.74, 6) is 2.48. The van der Waals surface area contributed by atoms with Crippen LogP contribution in [0.2, 0.25) is 0 Å². The van der Waals surface area contributed by atoms with Crippen LogP contribution in [0.1, 0.15) is 19.3 Å². The van der Waals surface area contributed by atoms with Crippen molar-refractivity contribution < 1.29 is 14.2 Å². The fourth-order valence-corrected chi connectivity index (χ4v) is 2.41. The zero-order valence-corrected chi connectivity index (χ0v) is 12.3. The normalized spacial score (nSPS) is 18.8. The average Bonchev–Trinajstić information content (AvgIpc) is 2.52. The summed E-state index contributed by atoms with van der Waals surface area (Å²) in [6, 6.07) is 7.61. The molecule has 2 rings (SSSR count). The molecule has 4 heteroatoms. The first-order valence-corrected chi connectivity index (χ1v) is 7.44. The van der Waals surface area contributed by atoms with Gasteiger partial charge < -0.3 is 19.5 Å². The van der Waals surface area contributed by atoms with E-state index in [9.17, 15) is 0 Å². The van der Waals surface area contributed by atoms with Crippen LogP contribution in [0.5, 0.6) is 11.5 Å². The predicted molar refractivity (Wildman–Crippen MR) is 79.5 cm³/mol. The molecule has 1 fully saturated rings. The van der Waals surface area contributed by atoms with Crippen molar-refractivity contribution in [3.63, 3.8) is 0 Å². The Morgan fingerprint density at radius 3 is 2.60 bits per heavy atom. The molecule has 0 radical (unpaired) electrons. The summed E-state index contributed by atoms with van der Waals surface area (Å²) in [6.07, 6.45) is 3.78. The maximum absolute atomic E-state index is 5.63. The van der Waals surface area contributed by atoms with Gasteiger partial charge in [0.1, 0.15) is 18.1 Å². The molecule has 1 aliphatic rings. The topological polar surface area (TPSA) is 39.7 Å². The minimum atomic E-state index is 0.593. The quantitative estimate of drug-likeness (QED) is 0.742. The van der Waals surface area contributed by atoms with Gasteiger partial charge in [0.05, 0.1) is 13.7 Å². The van der Waals surface area contributed by atoms with Crippen molar-refractivity contribution in [1.82, 2.24) is 5.32 Å². The van der Waals surface area contributed by atoms with E-state index in [0.717, 1.165) is 37.0 Å². The minimum Gasteiger partial charge on any atom is -0.497 e.